The molecule has 1 aromatic carbocycles. The quantitative estimate of drug-likeness (QED) is 0.676. The summed E-state index contributed by atoms with van der Waals surface area (Å²) in [4.78, 5) is 0. The Hall–Kier alpha value is -0.930. The monoisotopic (exact) mass is 166 g/mol. The Morgan fingerprint density at radius 3 is 2.83 bits per heavy atom. The molecule has 0 spiro atoms. The summed E-state index contributed by atoms with van der Waals surface area (Å²) in [6.45, 7) is 1.66. The van der Waals surface area contributed by atoms with E-state index < -0.39 is 0 Å². The van der Waals surface area contributed by atoms with Gasteiger partial charge >= 0.3 is 0 Å². The zero-order chi connectivity index (χ0) is 8.55. The summed E-state index contributed by atoms with van der Waals surface area (Å²) in [5.41, 5.74) is 5.34. The molecule has 12 heavy (non-hydrogen) atoms. The zero-order valence-corrected chi connectivity index (χ0v) is 6.97. The highest BCUT2D eigenvalue weighted by Gasteiger charge is 2.17. The van der Waals surface area contributed by atoms with E-state index in [1.54, 1.807) is 6.07 Å². The highest BCUT2D eigenvalue weighted by Crippen LogP contribution is 2.21. The van der Waals surface area contributed by atoms with Crippen molar-refractivity contribution in [1.29, 1.82) is 0 Å². The fraction of sp³-hybridized carbons (Fsp3) is 0.333. The number of fused-ring (bicyclic) bond motifs is 1. The number of hydrogen-bond acceptors (Lipinski definition) is 2. The summed E-state index contributed by atoms with van der Waals surface area (Å²) in [7, 11) is 1.88. The average Bonchev–Trinajstić information content (AvgIpc) is 2.46. The number of benzene rings is 1. The minimum atomic E-state index is -0.147. The minimum Gasteiger partial charge on any atom is -0.258 e. The molecule has 0 amide bonds. The van der Waals surface area contributed by atoms with Gasteiger partial charge in [0.05, 0.1) is 0 Å². The van der Waals surface area contributed by atoms with Gasteiger partial charge in [0, 0.05) is 13.1 Å². The molecular weight excluding hydrogens is 155 g/mol. The first kappa shape index (κ1) is 7.71. The van der Waals surface area contributed by atoms with E-state index in [0.717, 1.165) is 18.7 Å². The highest BCUT2D eigenvalue weighted by atomic mass is 19.1. The lowest BCUT2D eigenvalue weighted by atomic mass is 10.1. The molecule has 0 bridgehead atoms. The molecule has 64 valence electrons. The van der Waals surface area contributed by atoms with Crippen molar-refractivity contribution in [2.45, 2.75) is 13.1 Å². The van der Waals surface area contributed by atoms with E-state index in [2.05, 4.69) is 5.43 Å². The minimum absolute atomic E-state index is 0.147. The topological polar surface area (TPSA) is 15.3 Å². The van der Waals surface area contributed by atoms with E-state index in [9.17, 15) is 4.39 Å². The predicted molar refractivity (Wildman–Crippen MR) is 44.7 cm³/mol. The summed E-state index contributed by atoms with van der Waals surface area (Å²) in [5, 5.41) is 2.05. The van der Waals surface area contributed by atoms with Crippen molar-refractivity contribution >= 4 is 0 Å². The van der Waals surface area contributed by atoms with Gasteiger partial charge in [-0.3, -0.25) is 5.43 Å². The van der Waals surface area contributed by atoms with Gasteiger partial charge in [0.15, 0.2) is 0 Å². The largest absolute Gasteiger partial charge is 0.258 e. The molecule has 1 aliphatic heterocycles. The Labute approximate surface area is 71.0 Å². The molecule has 2 nitrogen and oxygen atoms in total. The van der Waals surface area contributed by atoms with Crippen LogP contribution in [-0.2, 0) is 13.1 Å². The first-order valence-corrected chi connectivity index (χ1v) is 3.99. The van der Waals surface area contributed by atoms with Crippen molar-refractivity contribution in [2.75, 3.05) is 7.05 Å². The van der Waals surface area contributed by atoms with Crippen LogP contribution in [0.1, 0.15) is 11.1 Å². The van der Waals surface area contributed by atoms with Crippen LogP contribution in [0.5, 0.6) is 0 Å². The normalized spacial score (nSPS) is 16.5. The Balaban J connectivity index is 2.30. The van der Waals surface area contributed by atoms with E-state index in [4.69, 9.17) is 0 Å². The Kier molecular flexibility index (Phi) is 1.83. The summed E-state index contributed by atoms with van der Waals surface area (Å²) < 4.78 is 12.8. The average molecular weight is 166 g/mol. The highest BCUT2D eigenvalue weighted by molar-refractivity contribution is 5.30. The SMILES string of the molecule is CNN1Cc2ccc(F)cc2C1. The van der Waals surface area contributed by atoms with Crippen LogP contribution in [-0.4, -0.2) is 12.1 Å². The fourth-order valence-corrected chi connectivity index (χ4v) is 1.52. The van der Waals surface area contributed by atoms with Crippen molar-refractivity contribution in [3.05, 3.63) is 35.1 Å². The number of hydrogen-bond donors (Lipinski definition) is 1. The second-order valence-electron chi connectivity index (χ2n) is 2.99. The number of nitrogens with one attached hydrogen (secondary N) is 1. The molecule has 0 radical (unpaired) electrons. The van der Waals surface area contributed by atoms with Gasteiger partial charge in [0.25, 0.3) is 0 Å². The molecule has 0 aliphatic carbocycles. The molecule has 1 heterocycles. The lowest BCUT2D eigenvalue weighted by Gasteiger charge is -2.11. The lowest BCUT2D eigenvalue weighted by molar-refractivity contribution is 0.212. The molecular formula is C9H11FN2. The van der Waals surface area contributed by atoms with Crippen LogP contribution in [0.4, 0.5) is 4.39 Å². The predicted octanol–water partition coefficient (Wildman–Crippen LogP) is 1.28. The van der Waals surface area contributed by atoms with Crippen molar-refractivity contribution in [2.24, 2.45) is 0 Å². The number of nitrogens with zero attached hydrogens (tertiary/aromatic N) is 1. The molecule has 0 unspecified atom stereocenters. The first-order chi connectivity index (χ1) is 5.79. The van der Waals surface area contributed by atoms with Crippen LogP contribution in [0.3, 0.4) is 0 Å². The van der Waals surface area contributed by atoms with Crippen LogP contribution < -0.4 is 5.43 Å². The molecule has 1 aromatic rings. The van der Waals surface area contributed by atoms with E-state index >= 15 is 0 Å². The standard InChI is InChI=1S/C9H11FN2/c1-11-12-5-7-2-3-9(10)4-8(7)6-12/h2-4,11H,5-6H2,1H3. The lowest BCUT2D eigenvalue weighted by Crippen LogP contribution is -2.29. The molecule has 0 atom stereocenters. The van der Waals surface area contributed by atoms with Gasteiger partial charge in [-0.15, -0.1) is 0 Å². The van der Waals surface area contributed by atoms with E-state index in [-0.39, 0.29) is 5.82 Å². The van der Waals surface area contributed by atoms with Crippen molar-refractivity contribution in [3.8, 4) is 0 Å². The van der Waals surface area contributed by atoms with Gasteiger partial charge in [0.1, 0.15) is 5.82 Å². The maximum Gasteiger partial charge on any atom is 0.123 e. The van der Waals surface area contributed by atoms with Crippen LogP contribution in [0.25, 0.3) is 0 Å². The molecule has 1 aliphatic rings. The molecule has 1 N–H and O–H groups in total. The summed E-state index contributed by atoms with van der Waals surface area (Å²) in [6.07, 6.45) is 0. The molecule has 0 fully saturated rings. The third kappa shape index (κ3) is 1.21. The number of hydrazine groups is 1. The molecule has 2 rings (SSSR count). The molecule has 0 saturated carbocycles. The van der Waals surface area contributed by atoms with Gasteiger partial charge in [-0.2, -0.15) is 0 Å². The second kappa shape index (κ2) is 2.84. The Morgan fingerprint density at radius 1 is 1.33 bits per heavy atom. The van der Waals surface area contributed by atoms with E-state index in [0.29, 0.717) is 0 Å². The van der Waals surface area contributed by atoms with Crippen LogP contribution in [0.2, 0.25) is 0 Å². The first-order valence-electron chi connectivity index (χ1n) is 3.99. The zero-order valence-electron chi connectivity index (χ0n) is 6.97. The smallest absolute Gasteiger partial charge is 0.123 e. The van der Waals surface area contributed by atoms with Gasteiger partial charge < -0.3 is 0 Å². The third-order valence-electron chi connectivity index (χ3n) is 2.21. The fourth-order valence-electron chi connectivity index (χ4n) is 1.52. The number of halogens is 1. The van der Waals surface area contributed by atoms with Crippen molar-refractivity contribution in [3.63, 3.8) is 0 Å². The summed E-state index contributed by atoms with van der Waals surface area (Å²) in [6, 6.07) is 4.96. The van der Waals surface area contributed by atoms with Crippen LogP contribution in [0.15, 0.2) is 18.2 Å². The molecule has 0 saturated heterocycles. The molecule has 0 aromatic heterocycles. The van der Waals surface area contributed by atoms with Gasteiger partial charge in [-0.25, -0.2) is 9.40 Å². The summed E-state index contributed by atoms with van der Waals surface area (Å²) >= 11 is 0. The van der Waals surface area contributed by atoms with Crippen LogP contribution >= 0.6 is 0 Å². The second-order valence-corrected chi connectivity index (χ2v) is 2.99. The Bertz CT molecular complexity index is 299. The summed E-state index contributed by atoms with van der Waals surface area (Å²) in [5.74, 6) is -0.147. The van der Waals surface area contributed by atoms with Crippen molar-refractivity contribution in [1.82, 2.24) is 10.4 Å². The maximum absolute atomic E-state index is 12.8. The van der Waals surface area contributed by atoms with Gasteiger partial charge in [-0.1, -0.05) is 6.07 Å². The van der Waals surface area contributed by atoms with Gasteiger partial charge in [-0.05, 0) is 30.3 Å². The third-order valence-corrected chi connectivity index (χ3v) is 2.21. The van der Waals surface area contributed by atoms with Crippen molar-refractivity contribution < 1.29 is 4.39 Å². The Morgan fingerprint density at radius 2 is 2.08 bits per heavy atom. The molecule has 3 heteroatoms. The number of rotatable bonds is 1. The van der Waals surface area contributed by atoms with E-state index in [1.165, 1.54) is 11.6 Å². The van der Waals surface area contributed by atoms with Gasteiger partial charge in [0.2, 0.25) is 0 Å². The van der Waals surface area contributed by atoms with Crippen LogP contribution in [0, 0.1) is 5.82 Å². The van der Waals surface area contributed by atoms with E-state index in [1.807, 2.05) is 18.1 Å². The maximum atomic E-state index is 12.8.